The number of hydrogen-bond donors (Lipinski definition) is 1. The highest BCUT2D eigenvalue weighted by Crippen LogP contribution is 2.21. The summed E-state index contributed by atoms with van der Waals surface area (Å²) in [7, 11) is 1.57. The summed E-state index contributed by atoms with van der Waals surface area (Å²) in [5, 5.41) is 2.98. The highest BCUT2D eigenvalue weighted by atomic mass is 16.5. The number of carbonyl (C=O) groups is 2. The maximum atomic E-state index is 12.4. The summed E-state index contributed by atoms with van der Waals surface area (Å²) in [6.45, 7) is 5.31. The lowest BCUT2D eigenvalue weighted by molar-refractivity contribution is -0.120. The zero-order chi connectivity index (χ0) is 19.9. The van der Waals surface area contributed by atoms with E-state index in [9.17, 15) is 9.59 Å². The molecular formula is C23H28N2O3. The summed E-state index contributed by atoms with van der Waals surface area (Å²) in [6, 6.07) is 13.6. The molecule has 0 aliphatic carbocycles. The van der Waals surface area contributed by atoms with Crippen LogP contribution in [0.4, 0.5) is 0 Å². The van der Waals surface area contributed by atoms with E-state index in [1.807, 2.05) is 12.1 Å². The summed E-state index contributed by atoms with van der Waals surface area (Å²) in [5.74, 6) is 0.496. The molecule has 0 radical (unpaired) electrons. The van der Waals surface area contributed by atoms with Crippen molar-refractivity contribution >= 4 is 11.7 Å². The predicted octanol–water partition coefficient (Wildman–Crippen LogP) is 3.35. The zero-order valence-corrected chi connectivity index (χ0v) is 16.7. The Morgan fingerprint density at radius 1 is 1.07 bits per heavy atom. The van der Waals surface area contributed by atoms with Crippen LogP contribution in [0.15, 0.2) is 42.5 Å². The fourth-order valence-electron chi connectivity index (χ4n) is 3.61. The molecule has 1 N–H and O–H groups in total. The Kier molecular flexibility index (Phi) is 6.82. The van der Waals surface area contributed by atoms with Gasteiger partial charge in [0.2, 0.25) is 5.91 Å². The van der Waals surface area contributed by atoms with Gasteiger partial charge < -0.3 is 10.1 Å². The Bertz CT molecular complexity index is 841. The molecule has 148 valence electrons. The normalized spacial score (nSPS) is 14.1. The van der Waals surface area contributed by atoms with Gasteiger partial charge in [0, 0.05) is 24.2 Å². The van der Waals surface area contributed by atoms with Crippen LogP contribution in [0.1, 0.15) is 46.8 Å². The third kappa shape index (κ3) is 5.42. The topological polar surface area (TPSA) is 58.6 Å². The number of methoxy groups -OCH3 is 1. The van der Waals surface area contributed by atoms with E-state index in [-0.39, 0.29) is 18.1 Å². The van der Waals surface area contributed by atoms with Crippen LogP contribution < -0.4 is 10.1 Å². The minimum absolute atomic E-state index is 0.0286. The summed E-state index contributed by atoms with van der Waals surface area (Å²) in [5.41, 5.74) is 3.67. The van der Waals surface area contributed by atoms with Crippen molar-refractivity contribution < 1.29 is 14.3 Å². The van der Waals surface area contributed by atoms with Gasteiger partial charge in [-0.1, -0.05) is 24.3 Å². The van der Waals surface area contributed by atoms with Crippen molar-refractivity contribution in [3.63, 3.8) is 0 Å². The monoisotopic (exact) mass is 380 g/mol. The largest absolute Gasteiger partial charge is 0.496 e. The molecule has 1 saturated heterocycles. The number of benzene rings is 2. The molecule has 3 rings (SSSR count). The molecule has 0 spiro atoms. The average molecular weight is 380 g/mol. The minimum atomic E-state index is -0.0936. The van der Waals surface area contributed by atoms with Crippen molar-refractivity contribution in [3.8, 4) is 5.75 Å². The summed E-state index contributed by atoms with van der Waals surface area (Å²) in [4.78, 5) is 26.5. The molecule has 2 aromatic rings. The third-order valence-corrected chi connectivity index (χ3v) is 5.12. The quantitative estimate of drug-likeness (QED) is 0.714. The lowest BCUT2D eigenvalue weighted by Crippen LogP contribution is -2.25. The fraction of sp³-hybridized carbons (Fsp3) is 0.391. The molecule has 1 aliphatic rings. The highest BCUT2D eigenvalue weighted by Gasteiger charge is 2.13. The van der Waals surface area contributed by atoms with Crippen LogP contribution >= 0.6 is 0 Å². The standard InChI is InChI=1S/C23H28N2O3/c1-17(26)20-8-9-22(28-2)21(13-20)14-23(27)24-15-18-6-5-7-19(12-18)16-25-10-3-4-11-25/h5-9,12-13H,3-4,10-11,14-16H2,1-2H3,(H,24,27). The number of carbonyl (C=O) groups excluding carboxylic acids is 2. The van der Waals surface area contributed by atoms with Gasteiger partial charge in [0.05, 0.1) is 13.5 Å². The van der Waals surface area contributed by atoms with Crippen molar-refractivity contribution in [2.24, 2.45) is 0 Å². The van der Waals surface area contributed by atoms with Gasteiger partial charge >= 0.3 is 0 Å². The van der Waals surface area contributed by atoms with Gasteiger partial charge in [-0.2, -0.15) is 0 Å². The van der Waals surface area contributed by atoms with E-state index in [1.54, 1.807) is 25.3 Å². The summed E-state index contributed by atoms with van der Waals surface area (Å²) in [6.07, 6.45) is 2.74. The van der Waals surface area contributed by atoms with Gasteiger partial charge in [-0.15, -0.1) is 0 Å². The average Bonchev–Trinajstić information content (AvgIpc) is 3.19. The Balaban J connectivity index is 1.58. The SMILES string of the molecule is COc1ccc(C(C)=O)cc1CC(=O)NCc1cccc(CN2CCCC2)c1. The van der Waals surface area contributed by atoms with Crippen LogP contribution in [0.2, 0.25) is 0 Å². The zero-order valence-electron chi connectivity index (χ0n) is 16.7. The van der Waals surface area contributed by atoms with Crippen LogP contribution in [0.3, 0.4) is 0 Å². The van der Waals surface area contributed by atoms with Gasteiger partial charge in [0.25, 0.3) is 0 Å². The van der Waals surface area contributed by atoms with Crippen molar-refractivity contribution in [2.75, 3.05) is 20.2 Å². The number of Topliss-reactive ketones (excluding diaryl/α,β-unsaturated/α-hetero) is 1. The van der Waals surface area contributed by atoms with E-state index < -0.39 is 0 Å². The highest BCUT2D eigenvalue weighted by molar-refractivity contribution is 5.94. The second-order valence-electron chi connectivity index (χ2n) is 7.34. The van der Waals surface area contributed by atoms with Gasteiger partial charge in [-0.3, -0.25) is 14.5 Å². The molecule has 0 atom stereocenters. The molecule has 0 saturated carbocycles. The second kappa shape index (κ2) is 9.51. The van der Waals surface area contributed by atoms with Crippen molar-refractivity contribution in [3.05, 3.63) is 64.7 Å². The molecule has 1 aliphatic heterocycles. The Morgan fingerprint density at radius 3 is 2.54 bits per heavy atom. The molecule has 0 unspecified atom stereocenters. The predicted molar refractivity (Wildman–Crippen MR) is 110 cm³/mol. The molecule has 0 aromatic heterocycles. The van der Waals surface area contributed by atoms with Crippen molar-refractivity contribution in [2.45, 2.75) is 39.3 Å². The van der Waals surface area contributed by atoms with Crippen LogP contribution in [0.5, 0.6) is 5.75 Å². The Hall–Kier alpha value is -2.66. The third-order valence-electron chi connectivity index (χ3n) is 5.12. The Morgan fingerprint density at radius 2 is 1.82 bits per heavy atom. The number of ketones is 1. The number of hydrogen-bond acceptors (Lipinski definition) is 4. The molecule has 5 nitrogen and oxygen atoms in total. The van der Waals surface area contributed by atoms with E-state index in [0.717, 1.165) is 17.7 Å². The van der Waals surface area contributed by atoms with Crippen LogP contribution in [-0.4, -0.2) is 36.8 Å². The Labute approximate surface area is 166 Å². The first kappa shape index (κ1) is 20.1. The van der Waals surface area contributed by atoms with Gasteiger partial charge in [0.15, 0.2) is 5.78 Å². The molecular weight excluding hydrogens is 352 g/mol. The maximum absolute atomic E-state index is 12.4. The van der Waals surface area contributed by atoms with E-state index >= 15 is 0 Å². The number of likely N-dealkylation sites (tertiary alicyclic amines) is 1. The molecule has 5 heteroatoms. The molecule has 1 amide bonds. The van der Waals surface area contributed by atoms with Crippen LogP contribution in [-0.2, 0) is 24.3 Å². The van der Waals surface area contributed by atoms with Gasteiger partial charge in [-0.25, -0.2) is 0 Å². The smallest absolute Gasteiger partial charge is 0.224 e. The molecule has 1 heterocycles. The minimum Gasteiger partial charge on any atom is -0.496 e. The maximum Gasteiger partial charge on any atom is 0.224 e. The molecule has 28 heavy (non-hydrogen) atoms. The first-order chi connectivity index (χ1) is 13.5. The van der Waals surface area contributed by atoms with E-state index in [1.165, 1.54) is 38.4 Å². The van der Waals surface area contributed by atoms with E-state index in [2.05, 4.69) is 22.3 Å². The molecule has 2 aromatic carbocycles. The number of rotatable bonds is 8. The van der Waals surface area contributed by atoms with Gasteiger partial charge in [0.1, 0.15) is 5.75 Å². The van der Waals surface area contributed by atoms with E-state index in [0.29, 0.717) is 17.9 Å². The van der Waals surface area contributed by atoms with Crippen molar-refractivity contribution in [1.29, 1.82) is 0 Å². The molecule has 0 bridgehead atoms. The number of nitrogens with zero attached hydrogens (tertiary/aromatic N) is 1. The van der Waals surface area contributed by atoms with E-state index in [4.69, 9.17) is 4.74 Å². The lowest BCUT2D eigenvalue weighted by atomic mass is 10.0. The van der Waals surface area contributed by atoms with Crippen LogP contribution in [0.25, 0.3) is 0 Å². The number of ether oxygens (including phenoxy) is 1. The number of amides is 1. The van der Waals surface area contributed by atoms with Crippen molar-refractivity contribution in [1.82, 2.24) is 10.2 Å². The first-order valence-corrected chi connectivity index (χ1v) is 9.80. The van der Waals surface area contributed by atoms with Crippen LogP contribution in [0, 0.1) is 0 Å². The second-order valence-corrected chi connectivity index (χ2v) is 7.34. The first-order valence-electron chi connectivity index (χ1n) is 9.80. The fourth-order valence-corrected chi connectivity index (χ4v) is 3.61. The lowest BCUT2D eigenvalue weighted by Gasteiger charge is -2.15. The molecule has 1 fully saturated rings. The summed E-state index contributed by atoms with van der Waals surface area (Å²) >= 11 is 0. The number of nitrogens with one attached hydrogen (secondary N) is 1. The van der Waals surface area contributed by atoms with Gasteiger partial charge in [-0.05, 0) is 62.2 Å². The summed E-state index contributed by atoms with van der Waals surface area (Å²) < 4.78 is 5.33.